The predicted octanol–water partition coefficient (Wildman–Crippen LogP) is 3.54. The van der Waals surface area contributed by atoms with Crippen LogP contribution in [-0.2, 0) is 6.54 Å². The second-order valence-corrected chi connectivity index (χ2v) is 5.73. The largest absolute Gasteiger partial charge is 0.398 e. The van der Waals surface area contributed by atoms with Gasteiger partial charge in [0.05, 0.1) is 0 Å². The highest BCUT2D eigenvalue weighted by molar-refractivity contribution is 6.30. The van der Waals surface area contributed by atoms with Crippen molar-refractivity contribution in [3.63, 3.8) is 0 Å². The lowest BCUT2D eigenvalue weighted by molar-refractivity contribution is 0.122. The van der Waals surface area contributed by atoms with E-state index in [-0.39, 0.29) is 0 Å². The molecule has 1 saturated heterocycles. The van der Waals surface area contributed by atoms with Gasteiger partial charge in [0.15, 0.2) is 0 Å². The zero-order valence-electron chi connectivity index (χ0n) is 10.6. The van der Waals surface area contributed by atoms with Crippen molar-refractivity contribution >= 4 is 17.3 Å². The van der Waals surface area contributed by atoms with Gasteiger partial charge in [0.1, 0.15) is 0 Å². The fourth-order valence-electron chi connectivity index (χ4n) is 2.62. The monoisotopic (exact) mass is 252 g/mol. The van der Waals surface area contributed by atoms with Gasteiger partial charge in [-0.2, -0.15) is 0 Å². The lowest BCUT2D eigenvalue weighted by Crippen LogP contribution is -2.39. The lowest BCUT2D eigenvalue weighted by atomic mass is 9.93. The minimum absolute atomic E-state index is 0.647. The standard InChI is InChI=1S/C14H21ClN2/c1-10-5-6-17(11(2)7-10)9-12-3-4-13(15)8-14(12)16/h3-4,8,10-11H,5-7,9,16H2,1-2H3. The maximum Gasteiger partial charge on any atom is 0.0426 e. The van der Waals surface area contributed by atoms with Crippen molar-refractivity contribution < 1.29 is 0 Å². The molecular weight excluding hydrogens is 232 g/mol. The Morgan fingerprint density at radius 1 is 1.41 bits per heavy atom. The van der Waals surface area contributed by atoms with E-state index in [1.54, 1.807) is 0 Å². The second-order valence-electron chi connectivity index (χ2n) is 5.29. The number of benzene rings is 1. The van der Waals surface area contributed by atoms with Crippen LogP contribution in [0.15, 0.2) is 18.2 Å². The number of halogens is 1. The fraction of sp³-hybridized carbons (Fsp3) is 0.571. The second kappa shape index (κ2) is 5.28. The average Bonchev–Trinajstić information content (AvgIpc) is 2.25. The van der Waals surface area contributed by atoms with Crippen LogP contribution in [0.25, 0.3) is 0 Å². The summed E-state index contributed by atoms with van der Waals surface area (Å²) in [6, 6.07) is 6.45. The van der Waals surface area contributed by atoms with Gasteiger partial charge in [-0.3, -0.25) is 4.90 Å². The molecule has 0 amide bonds. The van der Waals surface area contributed by atoms with E-state index in [0.717, 1.165) is 18.2 Å². The maximum absolute atomic E-state index is 6.00. The van der Waals surface area contributed by atoms with Crippen LogP contribution in [0.1, 0.15) is 32.3 Å². The normalized spacial score (nSPS) is 26.1. The molecule has 2 N–H and O–H groups in total. The zero-order valence-corrected chi connectivity index (χ0v) is 11.4. The van der Waals surface area contributed by atoms with Gasteiger partial charge >= 0.3 is 0 Å². The first-order valence-corrected chi connectivity index (χ1v) is 6.72. The van der Waals surface area contributed by atoms with Gasteiger partial charge in [-0.05, 0) is 49.9 Å². The Morgan fingerprint density at radius 3 is 2.82 bits per heavy atom. The molecule has 1 aliphatic heterocycles. The van der Waals surface area contributed by atoms with E-state index in [0.29, 0.717) is 11.1 Å². The summed E-state index contributed by atoms with van der Waals surface area (Å²) in [6.07, 6.45) is 2.57. The Morgan fingerprint density at radius 2 is 2.18 bits per heavy atom. The number of piperidine rings is 1. The predicted molar refractivity (Wildman–Crippen MR) is 74.1 cm³/mol. The Kier molecular flexibility index (Phi) is 3.95. The summed E-state index contributed by atoms with van der Waals surface area (Å²) in [7, 11) is 0. The fourth-order valence-corrected chi connectivity index (χ4v) is 2.80. The number of anilines is 1. The number of nitrogens with two attached hydrogens (primary N) is 1. The Balaban J connectivity index is 2.05. The van der Waals surface area contributed by atoms with E-state index in [1.807, 2.05) is 18.2 Å². The Hall–Kier alpha value is -0.730. The molecule has 1 aliphatic rings. The topological polar surface area (TPSA) is 29.3 Å². The third kappa shape index (κ3) is 3.14. The molecule has 0 aliphatic carbocycles. The first-order chi connectivity index (χ1) is 8.06. The molecule has 0 radical (unpaired) electrons. The summed E-state index contributed by atoms with van der Waals surface area (Å²) in [4.78, 5) is 2.51. The van der Waals surface area contributed by atoms with Crippen molar-refractivity contribution in [2.45, 2.75) is 39.3 Å². The van der Waals surface area contributed by atoms with Crippen LogP contribution in [0.5, 0.6) is 0 Å². The Bertz CT molecular complexity index is 392. The van der Waals surface area contributed by atoms with E-state index < -0.39 is 0 Å². The summed E-state index contributed by atoms with van der Waals surface area (Å²) in [6.45, 7) is 6.76. The summed E-state index contributed by atoms with van der Waals surface area (Å²) in [5.41, 5.74) is 8.00. The molecule has 2 atom stereocenters. The molecule has 17 heavy (non-hydrogen) atoms. The van der Waals surface area contributed by atoms with Crippen LogP contribution in [0.3, 0.4) is 0 Å². The minimum Gasteiger partial charge on any atom is -0.398 e. The summed E-state index contributed by atoms with van der Waals surface area (Å²) >= 11 is 5.91. The zero-order chi connectivity index (χ0) is 12.4. The lowest BCUT2D eigenvalue weighted by Gasteiger charge is -2.36. The molecule has 2 nitrogen and oxygen atoms in total. The van der Waals surface area contributed by atoms with E-state index in [1.165, 1.54) is 24.9 Å². The molecule has 1 fully saturated rings. The number of hydrogen-bond donors (Lipinski definition) is 1. The quantitative estimate of drug-likeness (QED) is 0.816. The van der Waals surface area contributed by atoms with Crippen LogP contribution in [0.2, 0.25) is 5.02 Å². The number of rotatable bonds is 2. The van der Waals surface area contributed by atoms with Crippen LogP contribution in [-0.4, -0.2) is 17.5 Å². The van der Waals surface area contributed by atoms with Gasteiger partial charge in [0.2, 0.25) is 0 Å². The SMILES string of the molecule is CC1CCN(Cc2ccc(Cl)cc2N)C(C)C1. The Labute approximate surface area is 109 Å². The maximum atomic E-state index is 6.00. The van der Waals surface area contributed by atoms with Gasteiger partial charge in [0, 0.05) is 23.3 Å². The van der Waals surface area contributed by atoms with Gasteiger partial charge in [-0.25, -0.2) is 0 Å². The van der Waals surface area contributed by atoms with E-state index in [4.69, 9.17) is 17.3 Å². The average molecular weight is 253 g/mol. The molecule has 0 aromatic heterocycles. The molecule has 1 aromatic rings. The molecule has 2 rings (SSSR count). The number of likely N-dealkylation sites (tertiary alicyclic amines) is 1. The summed E-state index contributed by atoms with van der Waals surface area (Å²) < 4.78 is 0. The molecule has 0 saturated carbocycles. The molecule has 1 aromatic carbocycles. The van der Waals surface area contributed by atoms with Gasteiger partial charge in [-0.1, -0.05) is 24.6 Å². The van der Waals surface area contributed by atoms with Crippen molar-refractivity contribution in [3.8, 4) is 0 Å². The first kappa shape index (κ1) is 12.7. The van der Waals surface area contributed by atoms with Crippen LogP contribution in [0, 0.1) is 5.92 Å². The van der Waals surface area contributed by atoms with Crippen molar-refractivity contribution in [3.05, 3.63) is 28.8 Å². The highest BCUT2D eigenvalue weighted by atomic mass is 35.5. The molecule has 1 heterocycles. The van der Waals surface area contributed by atoms with E-state index >= 15 is 0 Å². The highest BCUT2D eigenvalue weighted by Crippen LogP contribution is 2.26. The molecule has 2 unspecified atom stereocenters. The molecule has 0 spiro atoms. The first-order valence-electron chi connectivity index (χ1n) is 6.34. The third-order valence-corrected chi connectivity index (χ3v) is 3.99. The van der Waals surface area contributed by atoms with Crippen molar-refractivity contribution in [1.29, 1.82) is 0 Å². The van der Waals surface area contributed by atoms with E-state index in [9.17, 15) is 0 Å². The van der Waals surface area contributed by atoms with Crippen LogP contribution >= 0.6 is 11.6 Å². The number of nitrogen functional groups attached to an aromatic ring is 1. The van der Waals surface area contributed by atoms with Crippen LogP contribution in [0.4, 0.5) is 5.69 Å². The minimum atomic E-state index is 0.647. The molecular formula is C14H21ClN2. The highest BCUT2D eigenvalue weighted by Gasteiger charge is 2.23. The van der Waals surface area contributed by atoms with E-state index in [2.05, 4.69) is 18.7 Å². The number of nitrogens with zero attached hydrogens (tertiary/aromatic N) is 1. The van der Waals surface area contributed by atoms with Crippen LogP contribution < -0.4 is 5.73 Å². The van der Waals surface area contributed by atoms with Gasteiger partial charge in [-0.15, -0.1) is 0 Å². The molecule has 3 heteroatoms. The summed E-state index contributed by atoms with van der Waals surface area (Å²) in [5.74, 6) is 0.851. The number of hydrogen-bond acceptors (Lipinski definition) is 2. The van der Waals surface area contributed by atoms with Crippen molar-refractivity contribution in [1.82, 2.24) is 4.90 Å². The van der Waals surface area contributed by atoms with Crippen molar-refractivity contribution in [2.24, 2.45) is 5.92 Å². The molecule has 94 valence electrons. The third-order valence-electron chi connectivity index (χ3n) is 3.76. The summed E-state index contributed by atoms with van der Waals surface area (Å²) in [5, 5.41) is 0.714. The van der Waals surface area contributed by atoms with Gasteiger partial charge < -0.3 is 5.73 Å². The van der Waals surface area contributed by atoms with Gasteiger partial charge in [0.25, 0.3) is 0 Å². The van der Waals surface area contributed by atoms with Crippen molar-refractivity contribution in [2.75, 3.05) is 12.3 Å². The smallest absolute Gasteiger partial charge is 0.0426 e. The molecule has 0 bridgehead atoms.